The van der Waals surface area contributed by atoms with E-state index in [9.17, 15) is 4.79 Å². The summed E-state index contributed by atoms with van der Waals surface area (Å²) in [7, 11) is 1.92. The lowest BCUT2D eigenvalue weighted by Gasteiger charge is -2.48. The Bertz CT molecular complexity index is 547. The van der Waals surface area contributed by atoms with Crippen LogP contribution in [0.15, 0.2) is 28.7 Å². The lowest BCUT2D eigenvalue weighted by molar-refractivity contribution is -0.128. The number of amides is 1. The maximum absolute atomic E-state index is 12.6. The quantitative estimate of drug-likeness (QED) is 0.834. The van der Waals surface area contributed by atoms with Gasteiger partial charge in [-0.15, -0.1) is 0 Å². The summed E-state index contributed by atoms with van der Waals surface area (Å²) in [4.78, 5) is 16.4. The molecule has 5 heteroatoms. The zero-order chi connectivity index (χ0) is 14.9. The van der Waals surface area contributed by atoms with E-state index in [2.05, 4.69) is 35.8 Å². The van der Waals surface area contributed by atoms with Crippen LogP contribution in [0.4, 0.5) is 5.69 Å². The van der Waals surface area contributed by atoms with Crippen molar-refractivity contribution < 1.29 is 4.79 Å². The standard InChI is InChI=1S/C15H18BrN3O/c1-15(2)10-19(12-6-4-11(16)5-7-12)14(20)13(8-9-17)18(15)3/h4-7,13H,8,10H2,1-3H3. The van der Waals surface area contributed by atoms with Crippen molar-refractivity contribution in [1.82, 2.24) is 4.90 Å². The maximum Gasteiger partial charge on any atom is 0.245 e. The van der Waals surface area contributed by atoms with E-state index in [1.165, 1.54) is 0 Å². The summed E-state index contributed by atoms with van der Waals surface area (Å²) in [6.07, 6.45) is 0.214. The number of anilines is 1. The van der Waals surface area contributed by atoms with Gasteiger partial charge in [0, 0.05) is 22.2 Å². The molecule has 0 spiro atoms. The molecular formula is C15H18BrN3O. The number of benzene rings is 1. The summed E-state index contributed by atoms with van der Waals surface area (Å²) in [6, 6.07) is 9.43. The third-order valence-electron chi connectivity index (χ3n) is 3.94. The maximum atomic E-state index is 12.6. The zero-order valence-electron chi connectivity index (χ0n) is 11.9. The highest BCUT2D eigenvalue weighted by Crippen LogP contribution is 2.30. The van der Waals surface area contributed by atoms with Crippen LogP contribution >= 0.6 is 15.9 Å². The fraction of sp³-hybridized carbons (Fsp3) is 0.467. The van der Waals surface area contributed by atoms with E-state index >= 15 is 0 Å². The Kier molecular flexibility index (Phi) is 4.17. The van der Waals surface area contributed by atoms with Crippen molar-refractivity contribution in [2.24, 2.45) is 0 Å². The Morgan fingerprint density at radius 1 is 1.40 bits per heavy atom. The molecule has 0 N–H and O–H groups in total. The minimum atomic E-state index is -0.382. The van der Waals surface area contributed by atoms with Crippen LogP contribution in [0, 0.1) is 11.3 Å². The molecule has 4 nitrogen and oxygen atoms in total. The summed E-state index contributed by atoms with van der Waals surface area (Å²) in [5.74, 6) is -0.00398. The molecule has 106 valence electrons. The van der Waals surface area contributed by atoms with E-state index in [1.54, 1.807) is 4.90 Å². The minimum absolute atomic E-state index is 0.00398. The van der Waals surface area contributed by atoms with Crippen molar-refractivity contribution in [3.05, 3.63) is 28.7 Å². The van der Waals surface area contributed by atoms with Gasteiger partial charge in [0.25, 0.3) is 0 Å². The molecule has 1 aliphatic rings. The molecule has 0 aliphatic carbocycles. The molecule has 0 aromatic heterocycles. The van der Waals surface area contributed by atoms with Crippen LogP contribution in [0.2, 0.25) is 0 Å². The first-order chi connectivity index (χ1) is 9.36. The van der Waals surface area contributed by atoms with E-state index in [-0.39, 0.29) is 23.9 Å². The molecule has 0 bridgehead atoms. The van der Waals surface area contributed by atoms with Gasteiger partial charge in [0.2, 0.25) is 5.91 Å². The number of nitriles is 1. The summed E-state index contributed by atoms with van der Waals surface area (Å²) >= 11 is 3.40. The monoisotopic (exact) mass is 335 g/mol. The Balaban J connectivity index is 2.36. The number of halogens is 1. The van der Waals surface area contributed by atoms with Crippen LogP contribution in [0.25, 0.3) is 0 Å². The van der Waals surface area contributed by atoms with Gasteiger partial charge in [0.1, 0.15) is 6.04 Å². The number of carbonyl (C=O) groups is 1. The summed E-state index contributed by atoms with van der Waals surface area (Å²) in [6.45, 7) is 4.80. The SMILES string of the molecule is CN1C(CC#N)C(=O)N(c2ccc(Br)cc2)CC1(C)C. The normalized spacial score (nSPS) is 22.6. The molecule has 1 aromatic rings. The number of hydrogen-bond donors (Lipinski definition) is 0. The molecule has 1 aromatic carbocycles. The Hall–Kier alpha value is -1.38. The van der Waals surface area contributed by atoms with Crippen molar-refractivity contribution in [3.63, 3.8) is 0 Å². The number of nitrogens with zero attached hydrogens (tertiary/aromatic N) is 3. The molecule has 1 atom stereocenters. The van der Waals surface area contributed by atoms with E-state index in [1.807, 2.05) is 36.2 Å². The van der Waals surface area contributed by atoms with E-state index < -0.39 is 0 Å². The van der Waals surface area contributed by atoms with Gasteiger partial charge in [-0.05, 0) is 45.2 Å². The van der Waals surface area contributed by atoms with Gasteiger partial charge in [-0.2, -0.15) is 5.26 Å². The highest BCUT2D eigenvalue weighted by Gasteiger charge is 2.43. The number of likely N-dealkylation sites (N-methyl/N-ethyl adjacent to an activating group) is 1. The number of piperazine rings is 1. The third kappa shape index (κ3) is 2.72. The highest BCUT2D eigenvalue weighted by atomic mass is 79.9. The topological polar surface area (TPSA) is 47.3 Å². The Labute approximate surface area is 128 Å². The molecule has 1 saturated heterocycles. The zero-order valence-corrected chi connectivity index (χ0v) is 13.5. The van der Waals surface area contributed by atoms with Gasteiger partial charge in [-0.3, -0.25) is 9.69 Å². The Morgan fingerprint density at radius 2 is 2.00 bits per heavy atom. The van der Waals surface area contributed by atoms with Crippen molar-refractivity contribution >= 4 is 27.5 Å². The lowest BCUT2D eigenvalue weighted by Crippen LogP contribution is -2.65. The third-order valence-corrected chi connectivity index (χ3v) is 4.47. The van der Waals surface area contributed by atoms with E-state index in [0.717, 1.165) is 10.2 Å². The average Bonchev–Trinajstić information content (AvgIpc) is 2.40. The van der Waals surface area contributed by atoms with Crippen LogP contribution in [0.3, 0.4) is 0 Å². The fourth-order valence-electron chi connectivity index (χ4n) is 2.49. The Morgan fingerprint density at radius 3 is 2.55 bits per heavy atom. The van der Waals surface area contributed by atoms with Gasteiger partial charge in [-0.25, -0.2) is 0 Å². The van der Waals surface area contributed by atoms with Crippen molar-refractivity contribution in [3.8, 4) is 6.07 Å². The second-order valence-electron chi connectivity index (χ2n) is 5.70. The molecular weight excluding hydrogens is 318 g/mol. The predicted molar refractivity (Wildman–Crippen MR) is 82.4 cm³/mol. The van der Waals surface area contributed by atoms with Gasteiger partial charge in [0.15, 0.2) is 0 Å². The van der Waals surface area contributed by atoms with Gasteiger partial charge in [-0.1, -0.05) is 15.9 Å². The molecule has 1 unspecified atom stereocenters. The molecule has 1 heterocycles. The molecule has 2 rings (SSSR count). The average molecular weight is 336 g/mol. The molecule has 0 saturated carbocycles. The van der Waals surface area contributed by atoms with Crippen LogP contribution in [0.1, 0.15) is 20.3 Å². The highest BCUT2D eigenvalue weighted by molar-refractivity contribution is 9.10. The first-order valence-corrected chi connectivity index (χ1v) is 7.33. The summed E-state index contributed by atoms with van der Waals surface area (Å²) < 4.78 is 0.982. The number of rotatable bonds is 2. The van der Waals surface area contributed by atoms with Gasteiger partial charge < -0.3 is 4.90 Å². The van der Waals surface area contributed by atoms with Gasteiger partial charge >= 0.3 is 0 Å². The first kappa shape index (κ1) is 15.0. The second-order valence-corrected chi connectivity index (χ2v) is 6.62. The van der Waals surface area contributed by atoms with Crippen molar-refractivity contribution in [1.29, 1.82) is 5.26 Å². The van der Waals surface area contributed by atoms with Crippen LogP contribution in [0.5, 0.6) is 0 Å². The molecule has 20 heavy (non-hydrogen) atoms. The summed E-state index contributed by atoms with van der Waals surface area (Å²) in [5, 5.41) is 8.96. The molecule has 1 fully saturated rings. The number of carbonyl (C=O) groups excluding carboxylic acids is 1. The molecule has 1 amide bonds. The largest absolute Gasteiger partial charge is 0.309 e. The van der Waals surface area contributed by atoms with E-state index in [0.29, 0.717) is 6.54 Å². The summed E-state index contributed by atoms with van der Waals surface area (Å²) in [5.41, 5.74) is 0.713. The smallest absolute Gasteiger partial charge is 0.245 e. The molecule has 1 aliphatic heterocycles. The van der Waals surface area contributed by atoms with Crippen molar-refractivity contribution in [2.45, 2.75) is 31.8 Å². The first-order valence-electron chi connectivity index (χ1n) is 6.53. The lowest BCUT2D eigenvalue weighted by atomic mass is 9.93. The molecule has 0 radical (unpaired) electrons. The number of hydrogen-bond acceptors (Lipinski definition) is 3. The fourth-order valence-corrected chi connectivity index (χ4v) is 2.76. The van der Waals surface area contributed by atoms with E-state index in [4.69, 9.17) is 5.26 Å². The predicted octanol–water partition coefficient (Wildman–Crippen LogP) is 2.79. The van der Waals surface area contributed by atoms with Crippen LogP contribution in [-0.4, -0.2) is 36.0 Å². The second kappa shape index (κ2) is 5.55. The minimum Gasteiger partial charge on any atom is -0.309 e. The van der Waals surface area contributed by atoms with Gasteiger partial charge in [0.05, 0.1) is 12.5 Å². The van der Waals surface area contributed by atoms with Crippen LogP contribution in [-0.2, 0) is 4.79 Å². The van der Waals surface area contributed by atoms with Crippen molar-refractivity contribution in [2.75, 3.05) is 18.5 Å². The van der Waals surface area contributed by atoms with Crippen LogP contribution < -0.4 is 4.90 Å².